The summed E-state index contributed by atoms with van der Waals surface area (Å²) in [5.74, 6) is 0.343. The molecule has 1 fully saturated rings. The highest BCUT2D eigenvalue weighted by Crippen LogP contribution is 2.16. The van der Waals surface area contributed by atoms with E-state index >= 15 is 0 Å². The number of piperidine rings is 1. The summed E-state index contributed by atoms with van der Waals surface area (Å²) in [5, 5.41) is 15.1. The van der Waals surface area contributed by atoms with Crippen molar-refractivity contribution in [2.75, 3.05) is 13.1 Å². The van der Waals surface area contributed by atoms with E-state index in [0.29, 0.717) is 5.92 Å². The zero-order valence-electron chi connectivity index (χ0n) is 7.44. The van der Waals surface area contributed by atoms with Gasteiger partial charge in [0.15, 0.2) is 0 Å². The van der Waals surface area contributed by atoms with E-state index in [1.807, 2.05) is 5.51 Å². The summed E-state index contributed by atoms with van der Waals surface area (Å²) in [6, 6.07) is 0. The van der Waals surface area contributed by atoms with Gasteiger partial charge in [-0.1, -0.05) is 0 Å². The van der Waals surface area contributed by atoms with Gasteiger partial charge in [0.05, 0.1) is 17.3 Å². The first-order valence-corrected chi connectivity index (χ1v) is 5.56. The quantitative estimate of drug-likeness (QED) is 0.733. The summed E-state index contributed by atoms with van der Waals surface area (Å²) in [6.07, 6.45) is 1.62. The molecule has 0 bridgehead atoms. The lowest BCUT2D eigenvalue weighted by Gasteiger charge is -2.27. The molecule has 0 aromatic carbocycles. The van der Waals surface area contributed by atoms with Gasteiger partial charge in [-0.25, -0.2) is 4.98 Å². The molecule has 1 aliphatic rings. The molecule has 2 unspecified atom stereocenters. The van der Waals surface area contributed by atoms with E-state index < -0.39 is 0 Å². The van der Waals surface area contributed by atoms with Crippen LogP contribution in [0.4, 0.5) is 0 Å². The van der Waals surface area contributed by atoms with Crippen molar-refractivity contribution < 1.29 is 5.11 Å². The molecule has 0 amide bonds. The van der Waals surface area contributed by atoms with Gasteiger partial charge in [-0.3, -0.25) is 0 Å². The minimum Gasteiger partial charge on any atom is -0.393 e. The summed E-state index contributed by atoms with van der Waals surface area (Å²) < 4.78 is 0. The van der Waals surface area contributed by atoms with Gasteiger partial charge < -0.3 is 10.4 Å². The Kier molecular flexibility index (Phi) is 2.93. The number of rotatable bonds is 2. The Morgan fingerprint density at radius 1 is 1.69 bits per heavy atom. The first-order valence-electron chi connectivity index (χ1n) is 4.62. The van der Waals surface area contributed by atoms with Crippen LogP contribution in [-0.2, 0) is 6.42 Å². The number of aliphatic hydroxyl groups excluding tert-OH is 1. The number of nitrogens with one attached hydrogen (secondary N) is 1. The van der Waals surface area contributed by atoms with Crippen molar-refractivity contribution in [3.05, 3.63) is 16.6 Å². The van der Waals surface area contributed by atoms with Crippen molar-refractivity contribution in [3.63, 3.8) is 0 Å². The maximum Gasteiger partial charge on any atom is 0.0794 e. The van der Waals surface area contributed by atoms with Crippen LogP contribution in [0.15, 0.2) is 10.9 Å². The smallest absolute Gasteiger partial charge is 0.0794 e. The Labute approximate surface area is 81.8 Å². The highest BCUT2D eigenvalue weighted by atomic mass is 32.1. The fourth-order valence-electron chi connectivity index (χ4n) is 1.72. The Morgan fingerprint density at radius 2 is 2.62 bits per heavy atom. The van der Waals surface area contributed by atoms with E-state index in [1.54, 1.807) is 11.3 Å². The molecule has 4 heteroatoms. The highest BCUT2D eigenvalue weighted by molar-refractivity contribution is 7.07. The lowest BCUT2D eigenvalue weighted by atomic mass is 9.92. The maximum absolute atomic E-state index is 9.70. The van der Waals surface area contributed by atoms with Crippen LogP contribution in [0.3, 0.4) is 0 Å². The van der Waals surface area contributed by atoms with Crippen LogP contribution < -0.4 is 5.32 Å². The lowest BCUT2D eigenvalue weighted by Crippen LogP contribution is -2.40. The average molecular weight is 198 g/mol. The Bertz CT molecular complexity index is 250. The van der Waals surface area contributed by atoms with E-state index in [9.17, 15) is 5.11 Å². The van der Waals surface area contributed by atoms with Crippen molar-refractivity contribution in [1.29, 1.82) is 0 Å². The molecule has 0 aliphatic carbocycles. The van der Waals surface area contributed by atoms with Crippen LogP contribution in [0, 0.1) is 5.92 Å². The Hall–Kier alpha value is -0.450. The molecule has 1 aliphatic heterocycles. The summed E-state index contributed by atoms with van der Waals surface area (Å²) in [6.45, 7) is 1.85. The number of thiazole rings is 1. The second-order valence-corrected chi connectivity index (χ2v) is 4.22. The topological polar surface area (TPSA) is 45.1 Å². The molecule has 1 aromatic rings. The minimum atomic E-state index is -0.150. The van der Waals surface area contributed by atoms with Crippen LogP contribution in [0.25, 0.3) is 0 Å². The molecule has 2 heterocycles. The van der Waals surface area contributed by atoms with Crippen LogP contribution in [0.5, 0.6) is 0 Å². The molecule has 72 valence electrons. The van der Waals surface area contributed by atoms with Gasteiger partial charge >= 0.3 is 0 Å². The predicted molar refractivity (Wildman–Crippen MR) is 52.8 cm³/mol. The summed E-state index contributed by atoms with van der Waals surface area (Å²) in [5.41, 5.74) is 2.95. The fraction of sp³-hybridized carbons (Fsp3) is 0.667. The van der Waals surface area contributed by atoms with Gasteiger partial charge in [-0.2, -0.15) is 0 Å². The van der Waals surface area contributed by atoms with Crippen molar-refractivity contribution in [2.45, 2.75) is 18.9 Å². The van der Waals surface area contributed by atoms with Crippen LogP contribution in [0.1, 0.15) is 12.1 Å². The molecule has 0 spiro atoms. The monoisotopic (exact) mass is 198 g/mol. The fourth-order valence-corrected chi connectivity index (χ4v) is 2.30. The molecule has 13 heavy (non-hydrogen) atoms. The number of nitrogens with zero attached hydrogens (tertiary/aromatic N) is 1. The van der Waals surface area contributed by atoms with Gasteiger partial charge in [0, 0.05) is 17.8 Å². The first-order chi connectivity index (χ1) is 6.36. The summed E-state index contributed by atoms with van der Waals surface area (Å²) >= 11 is 1.62. The predicted octanol–water partition coefficient (Wildman–Crippen LogP) is 0.656. The molecule has 2 rings (SSSR count). The standard InChI is InChI=1S/C9H14N2OS/c12-9-1-2-10-4-7(9)3-8-5-13-6-11-8/h5-7,9-10,12H,1-4H2. The van der Waals surface area contributed by atoms with E-state index in [-0.39, 0.29) is 6.10 Å². The number of hydrogen-bond donors (Lipinski definition) is 2. The molecule has 0 radical (unpaired) electrons. The second-order valence-electron chi connectivity index (χ2n) is 3.50. The molecule has 2 N–H and O–H groups in total. The first kappa shape index (κ1) is 9.12. The Balaban J connectivity index is 1.93. The van der Waals surface area contributed by atoms with Gasteiger partial charge in [-0.05, 0) is 19.4 Å². The van der Waals surface area contributed by atoms with Crippen LogP contribution in [-0.4, -0.2) is 29.3 Å². The van der Waals surface area contributed by atoms with Gasteiger partial charge in [-0.15, -0.1) is 11.3 Å². The third-order valence-electron chi connectivity index (χ3n) is 2.52. The molecule has 2 atom stereocenters. The highest BCUT2D eigenvalue weighted by Gasteiger charge is 2.23. The van der Waals surface area contributed by atoms with Gasteiger partial charge in [0.1, 0.15) is 0 Å². The summed E-state index contributed by atoms with van der Waals surface area (Å²) in [7, 11) is 0. The molecule has 3 nitrogen and oxygen atoms in total. The van der Waals surface area contributed by atoms with E-state index in [4.69, 9.17) is 0 Å². The zero-order valence-corrected chi connectivity index (χ0v) is 8.26. The largest absolute Gasteiger partial charge is 0.393 e. The van der Waals surface area contributed by atoms with E-state index in [0.717, 1.165) is 31.6 Å². The summed E-state index contributed by atoms with van der Waals surface area (Å²) in [4.78, 5) is 4.22. The van der Waals surface area contributed by atoms with Crippen LogP contribution >= 0.6 is 11.3 Å². The van der Waals surface area contributed by atoms with Crippen molar-refractivity contribution in [1.82, 2.24) is 10.3 Å². The van der Waals surface area contributed by atoms with Crippen LogP contribution in [0.2, 0.25) is 0 Å². The number of hydrogen-bond acceptors (Lipinski definition) is 4. The maximum atomic E-state index is 9.70. The van der Waals surface area contributed by atoms with Gasteiger partial charge in [0.25, 0.3) is 0 Å². The normalized spacial score (nSPS) is 29.0. The molecule has 1 saturated heterocycles. The third kappa shape index (κ3) is 2.27. The number of aromatic nitrogens is 1. The zero-order chi connectivity index (χ0) is 9.10. The van der Waals surface area contributed by atoms with Gasteiger partial charge in [0.2, 0.25) is 0 Å². The number of aliphatic hydroxyl groups is 1. The van der Waals surface area contributed by atoms with E-state index in [2.05, 4.69) is 15.7 Å². The third-order valence-corrected chi connectivity index (χ3v) is 3.16. The second kappa shape index (κ2) is 4.17. The average Bonchev–Trinajstić information content (AvgIpc) is 2.61. The Morgan fingerprint density at radius 3 is 3.31 bits per heavy atom. The molecular formula is C9H14N2OS. The molecule has 1 aromatic heterocycles. The van der Waals surface area contributed by atoms with Crippen molar-refractivity contribution >= 4 is 11.3 Å². The van der Waals surface area contributed by atoms with Crippen molar-refractivity contribution in [3.8, 4) is 0 Å². The lowest BCUT2D eigenvalue weighted by molar-refractivity contribution is 0.0787. The molecule has 0 saturated carbocycles. The molecular weight excluding hydrogens is 184 g/mol. The minimum absolute atomic E-state index is 0.150. The van der Waals surface area contributed by atoms with Crippen molar-refractivity contribution in [2.24, 2.45) is 5.92 Å². The van der Waals surface area contributed by atoms with E-state index in [1.165, 1.54) is 0 Å². The SMILES string of the molecule is OC1CCNCC1Cc1cscn1.